The Morgan fingerprint density at radius 2 is 1.95 bits per heavy atom. The van der Waals surface area contributed by atoms with E-state index in [4.69, 9.17) is 21.1 Å². The number of hydrogen-bond acceptors (Lipinski definition) is 8. The third-order valence-corrected chi connectivity index (χ3v) is 8.40. The molecule has 0 fully saturated rings. The molecular weight excluding hydrogens is 568 g/mol. The van der Waals surface area contributed by atoms with Gasteiger partial charge in [-0.05, 0) is 50.1 Å². The highest BCUT2D eigenvalue weighted by Gasteiger charge is 2.26. The maximum absolute atomic E-state index is 13.0. The molecule has 1 atom stereocenters. The van der Waals surface area contributed by atoms with Crippen molar-refractivity contribution < 1.29 is 19.1 Å². The monoisotopic (exact) mass is 596 g/mol. The van der Waals surface area contributed by atoms with Crippen molar-refractivity contribution in [2.75, 3.05) is 18.2 Å². The van der Waals surface area contributed by atoms with Crippen LogP contribution in [-0.4, -0.2) is 39.5 Å². The topological polar surface area (TPSA) is 95.3 Å². The molecule has 0 saturated heterocycles. The SMILES string of the molecule is C=CCn1c(SCC(=O)Nc2sc(C)c(-c3ccccc3)c2C(=O)OC)nnc1C(C)Oc1ccc(Cl)c(C)c1. The lowest BCUT2D eigenvalue weighted by Crippen LogP contribution is -2.17. The van der Waals surface area contributed by atoms with Gasteiger partial charge in [-0.25, -0.2) is 4.79 Å². The number of carbonyl (C=O) groups is 2. The van der Waals surface area contributed by atoms with Crippen molar-refractivity contribution in [1.29, 1.82) is 0 Å². The minimum Gasteiger partial charge on any atom is -0.483 e. The number of nitrogens with one attached hydrogen (secondary N) is 1. The Kier molecular flexibility index (Phi) is 9.67. The van der Waals surface area contributed by atoms with Gasteiger partial charge in [-0.15, -0.1) is 28.1 Å². The molecule has 1 amide bonds. The number of thiophene rings is 1. The molecule has 0 aliphatic carbocycles. The first-order valence-electron chi connectivity index (χ1n) is 12.4. The van der Waals surface area contributed by atoms with Gasteiger partial charge in [0.05, 0.1) is 12.9 Å². The van der Waals surface area contributed by atoms with Gasteiger partial charge in [0.2, 0.25) is 5.91 Å². The zero-order valence-corrected chi connectivity index (χ0v) is 25.0. The van der Waals surface area contributed by atoms with Crippen molar-refractivity contribution in [3.63, 3.8) is 0 Å². The molecule has 0 aliphatic heterocycles. The van der Waals surface area contributed by atoms with E-state index in [0.29, 0.717) is 38.9 Å². The first-order chi connectivity index (χ1) is 19.2. The second-order valence-corrected chi connectivity index (χ2v) is 11.4. The van der Waals surface area contributed by atoms with Gasteiger partial charge in [-0.3, -0.25) is 9.36 Å². The number of hydrogen-bond donors (Lipinski definition) is 1. The Morgan fingerprint density at radius 3 is 2.62 bits per heavy atom. The summed E-state index contributed by atoms with van der Waals surface area (Å²) in [5.74, 6) is 0.528. The van der Waals surface area contributed by atoms with E-state index in [2.05, 4.69) is 22.1 Å². The molecule has 0 radical (unpaired) electrons. The Bertz CT molecular complexity index is 1530. The molecule has 40 heavy (non-hydrogen) atoms. The number of aromatic nitrogens is 3. The number of nitrogens with zero attached hydrogens (tertiary/aromatic N) is 3. The van der Waals surface area contributed by atoms with Crippen LogP contribution in [0.2, 0.25) is 5.02 Å². The van der Waals surface area contributed by atoms with Crippen molar-refractivity contribution in [3.05, 3.63) is 88.0 Å². The van der Waals surface area contributed by atoms with Crippen LogP contribution in [0.1, 0.15) is 39.7 Å². The molecule has 1 N–H and O–H groups in total. The van der Waals surface area contributed by atoms with Crippen LogP contribution in [0.5, 0.6) is 5.75 Å². The second kappa shape index (κ2) is 13.2. The minimum absolute atomic E-state index is 0.0547. The number of methoxy groups -OCH3 is 1. The predicted molar refractivity (Wildman–Crippen MR) is 161 cm³/mol. The van der Waals surface area contributed by atoms with Gasteiger partial charge in [0.25, 0.3) is 0 Å². The van der Waals surface area contributed by atoms with Gasteiger partial charge >= 0.3 is 5.97 Å². The van der Waals surface area contributed by atoms with E-state index in [1.807, 2.05) is 61.7 Å². The largest absolute Gasteiger partial charge is 0.483 e. The first-order valence-corrected chi connectivity index (χ1v) is 14.6. The number of carbonyl (C=O) groups excluding carboxylic acids is 2. The molecule has 208 valence electrons. The molecule has 2 aromatic heterocycles. The molecule has 0 aliphatic rings. The summed E-state index contributed by atoms with van der Waals surface area (Å²) < 4.78 is 13.0. The number of halogens is 1. The van der Waals surface area contributed by atoms with Crippen LogP contribution in [0.25, 0.3) is 11.1 Å². The van der Waals surface area contributed by atoms with Crippen LogP contribution in [0.15, 0.2) is 66.3 Å². The number of amides is 1. The van der Waals surface area contributed by atoms with Crippen molar-refractivity contribution >= 4 is 51.6 Å². The number of allylic oxidation sites excluding steroid dienone is 1. The Hall–Kier alpha value is -3.60. The number of aryl methyl sites for hydroxylation is 2. The van der Waals surface area contributed by atoms with Crippen molar-refractivity contribution in [3.8, 4) is 16.9 Å². The van der Waals surface area contributed by atoms with Gasteiger partial charge in [-0.2, -0.15) is 0 Å². The highest BCUT2D eigenvalue weighted by Crippen LogP contribution is 2.40. The van der Waals surface area contributed by atoms with Crippen molar-refractivity contribution in [1.82, 2.24) is 14.8 Å². The second-order valence-electron chi connectivity index (χ2n) is 8.84. The van der Waals surface area contributed by atoms with Crippen LogP contribution < -0.4 is 10.1 Å². The number of benzene rings is 2. The summed E-state index contributed by atoms with van der Waals surface area (Å²) in [6, 6.07) is 15.0. The van der Waals surface area contributed by atoms with E-state index in [9.17, 15) is 9.59 Å². The fourth-order valence-electron chi connectivity index (χ4n) is 4.13. The summed E-state index contributed by atoms with van der Waals surface area (Å²) >= 11 is 8.71. The minimum atomic E-state index is -0.508. The molecular formula is C29H29ClN4O4S2. The molecule has 0 saturated carbocycles. The van der Waals surface area contributed by atoms with E-state index in [1.165, 1.54) is 30.2 Å². The summed E-state index contributed by atoms with van der Waals surface area (Å²) in [5.41, 5.74) is 2.88. The normalized spacial score (nSPS) is 11.6. The summed E-state index contributed by atoms with van der Waals surface area (Å²) in [6.45, 7) is 9.99. The summed E-state index contributed by atoms with van der Waals surface area (Å²) in [6.07, 6.45) is 1.32. The Labute approximate surface area is 246 Å². The summed E-state index contributed by atoms with van der Waals surface area (Å²) in [5, 5.41) is 13.2. The molecule has 4 rings (SSSR count). The first kappa shape index (κ1) is 29.4. The van der Waals surface area contributed by atoms with Crippen LogP contribution >= 0.6 is 34.7 Å². The van der Waals surface area contributed by atoms with Crippen LogP contribution in [0, 0.1) is 13.8 Å². The Balaban J connectivity index is 1.50. The van der Waals surface area contributed by atoms with E-state index in [-0.39, 0.29) is 11.7 Å². The third-order valence-electron chi connectivity index (χ3n) is 5.98. The fourth-order valence-corrected chi connectivity index (χ4v) is 6.08. The van der Waals surface area contributed by atoms with Gasteiger partial charge in [0, 0.05) is 22.0 Å². The number of ether oxygens (including phenoxy) is 2. The van der Waals surface area contributed by atoms with Gasteiger partial charge in [0.1, 0.15) is 16.3 Å². The molecule has 8 nitrogen and oxygen atoms in total. The summed E-state index contributed by atoms with van der Waals surface area (Å²) in [7, 11) is 1.33. The van der Waals surface area contributed by atoms with E-state index >= 15 is 0 Å². The molecule has 4 aromatic rings. The Morgan fingerprint density at radius 1 is 1.20 bits per heavy atom. The maximum Gasteiger partial charge on any atom is 0.341 e. The van der Waals surface area contributed by atoms with Gasteiger partial charge < -0.3 is 14.8 Å². The standard InChI is InChI=1S/C29H29ClN4O4S2/c1-6-14-34-26(18(3)38-21-12-13-22(30)17(2)15-21)32-33-29(34)39-16-23(35)31-27-25(28(36)37-5)24(19(4)40-27)20-10-8-7-9-11-20/h6-13,15,18H,1,14,16H2,2-5H3,(H,31,35). The summed E-state index contributed by atoms with van der Waals surface area (Å²) in [4.78, 5) is 26.7. The average molecular weight is 597 g/mol. The lowest BCUT2D eigenvalue weighted by Gasteiger charge is -2.16. The van der Waals surface area contributed by atoms with Gasteiger partial charge in [0.15, 0.2) is 17.1 Å². The number of thioether (sulfide) groups is 1. The van der Waals surface area contributed by atoms with E-state index in [0.717, 1.165) is 21.6 Å². The van der Waals surface area contributed by atoms with Crippen LogP contribution in [-0.2, 0) is 16.1 Å². The van der Waals surface area contributed by atoms with Gasteiger partial charge in [-0.1, -0.05) is 59.8 Å². The molecule has 1 unspecified atom stereocenters. The zero-order valence-electron chi connectivity index (χ0n) is 22.6. The molecule has 0 bridgehead atoms. The molecule has 2 heterocycles. The fraction of sp³-hybridized carbons (Fsp3) is 0.241. The van der Waals surface area contributed by atoms with Crippen molar-refractivity contribution in [2.45, 2.75) is 38.6 Å². The van der Waals surface area contributed by atoms with Crippen molar-refractivity contribution in [2.24, 2.45) is 0 Å². The number of esters is 1. The predicted octanol–water partition coefficient (Wildman–Crippen LogP) is 7.12. The maximum atomic E-state index is 13.0. The third kappa shape index (κ3) is 6.57. The highest BCUT2D eigenvalue weighted by atomic mass is 35.5. The lowest BCUT2D eigenvalue weighted by molar-refractivity contribution is -0.113. The molecule has 2 aromatic carbocycles. The molecule has 11 heteroatoms. The van der Waals surface area contributed by atoms with E-state index < -0.39 is 12.1 Å². The smallest absolute Gasteiger partial charge is 0.341 e. The number of anilines is 1. The van der Waals surface area contributed by atoms with Crippen LogP contribution in [0.3, 0.4) is 0 Å². The highest BCUT2D eigenvalue weighted by molar-refractivity contribution is 7.99. The zero-order chi connectivity index (χ0) is 28.8. The van der Waals surface area contributed by atoms with E-state index in [1.54, 1.807) is 18.2 Å². The molecule has 0 spiro atoms. The number of rotatable bonds is 11. The van der Waals surface area contributed by atoms with Crippen LogP contribution in [0.4, 0.5) is 5.00 Å². The average Bonchev–Trinajstić information content (AvgIpc) is 3.49. The quantitative estimate of drug-likeness (QED) is 0.112. The lowest BCUT2D eigenvalue weighted by atomic mass is 10.0.